The van der Waals surface area contributed by atoms with Crippen LogP contribution >= 0.6 is 0 Å². The lowest BCUT2D eigenvalue weighted by Crippen LogP contribution is -2.38. The highest BCUT2D eigenvalue weighted by Crippen LogP contribution is 2.21. The van der Waals surface area contributed by atoms with Crippen LogP contribution in [0.1, 0.15) is 30.8 Å². The summed E-state index contributed by atoms with van der Waals surface area (Å²) in [5, 5.41) is 22.6. The smallest absolute Gasteiger partial charge is 0.223 e. The van der Waals surface area contributed by atoms with E-state index in [1.807, 2.05) is 0 Å². The molecule has 2 atom stereocenters. The molecule has 118 valence electrons. The molecule has 22 heavy (non-hydrogen) atoms. The summed E-state index contributed by atoms with van der Waals surface area (Å²) < 4.78 is 18.2. The summed E-state index contributed by atoms with van der Waals surface area (Å²) in [4.78, 5) is 11.8. The number of aliphatic hydroxyl groups is 2. The van der Waals surface area contributed by atoms with Crippen molar-refractivity contribution in [2.45, 2.75) is 25.0 Å². The van der Waals surface area contributed by atoms with E-state index in [0.29, 0.717) is 11.3 Å². The molecule has 0 saturated heterocycles. The van der Waals surface area contributed by atoms with Crippen LogP contribution < -0.4 is 5.32 Å². The fraction of sp³-hybridized carbons (Fsp3) is 0.312. The molecule has 0 radical (unpaired) electrons. The van der Waals surface area contributed by atoms with Gasteiger partial charge in [0.2, 0.25) is 5.91 Å². The fourth-order valence-electron chi connectivity index (χ4n) is 2.02. The largest absolute Gasteiger partial charge is 0.466 e. The average molecular weight is 307 g/mol. The Morgan fingerprint density at radius 2 is 2.18 bits per heavy atom. The van der Waals surface area contributed by atoms with Crippen molar-refractivity contribution in [1.29, 1.82) is 0 Å². The molecule has 0 aliphatic carbocycles. The first-order valence-electron chi connectivity index (χ1n) is 6.85. The summed E-state index contributed by atoms with van der Waals surface area (Å²) in [5.74, 6) is -0.597. The molecule has 6 heteroatoms. The van der Waals surface area contributed by atoms with Crippen LogP contribution in [0.2, 0.25) is 0 Å². The van der Waals surface area contributed by atoms with Crippen LogP contribution in [0.3, 0.4) is 0 Å². The van der Waals surface area contributed by atoms with Crippen molar-refractivity contribution >= 4 is 5.91 Å². The van der Waals surface area contributed by atoms with Gasteiger partial charge in [-0.3, -0.25) is 4.79 Å². The zero-order chi connectivity index (χ0) is 16.2. The number of hydrogen-bond acceptors (Lipinski definition) is 4. The van der Waals surface area contributed by atoms with Gasteiger partial charge in [0.25, 0.3) is 0 Å². The summed E-state index contributed by atoms with van der Waals surface area (Å²) in [5.41, 5.74) is -1.02. The Balaban J connectivity index is 1.88. The maximum atomic E-state index is 13.1. The molecule has 1 amide bonds. The minimum absolute atomic E-state index is 0.0603. The quantitative estimate of drug-likeness (QED) is 0.761. The maximum absolute atomic E-state index is 13.1. The van der Waals surface area contributed by atoms with Gasteiger partial charge in [-0.15, -0.1) is 0 Å². The third-order valence-electron chi connectivity index (χ3n) is 3.29. The van der Waals surface area contributed by atoms with Crippen LogP contribution in [-0.4, -0.2) is 22.7 Å². The van der Waals surface area contributed by atoms with Gasteiger partial charge in [-0.2, -0.15) is 0 Å². The topological polar surface area (TPSA) is 82.7 Å². The molecule has 1 aromatic carbocycles. The van der Waals surface area contributed by atoms with Crippen LogP contribution in [0.5, 0.6) is 0 Å². The number of benzene rings is 1. The Bertz CT molecular complexity index is 625. The van der Waals surface area contributed by atoms with E-state index in [1.165, 1.54) is 31.4 Å². The zero-order valence-corrected chi connectivity index (χ0v) is 12.1. The standard InChI is InChI=1S/C16H18FNO4/c1-16(21,14-6-3-7-22-14)10-18-15(20)9-13(19)11-4-2-5-12(17)8-11/h2-8,13,19,21H,9-10H2,1H3,(H,18,20). The average Bonchev–Trinajstić information content (AvgIpc) is 3.00. The van der Waals surface area contributed by atoms with E-state index in [1.54, 1.807) is 18.2 Å². The molecule has 0 aliphatic rings. The number of nitrogens with one attached hydrogen (secondary N) is 1. The maximum Gasteiger partial charge on any atom is 0.223 e. The molecule has 1 heterocycles. The number of aliphatic hydroxyl groups excluding tert-OH is 1. The summed E-state index contributed by atoms with van der Waals surface area (Å²) in [6.45, 7) is 1.45. The fourth-order valence-corrected chi connectivity index (χ4v) is 2.02. The molecule has 5 nitrogen and oxygen atoms in total. The number of carbonyl (C=O) groups is 1. The SMILES string of the molecule is CC(O)(CNC(=O)CC(O)c1cccc(F)c1)c1ccco1. The highest BCUT2D eigenvalue weighted by atomic mass is 19.1. The van der Waals surface area contributed by atoms with E-state index in [9.17, 15) is 19.4 Å². The van der Waals surface area contributed by atoms with Gasteiger partial charge in [0, 0.05) is 0 Å². The van der Waals surface area contributed by atoms with Crippen LogP contribution in [-0.2, 0) is 10.4 Å². The molecule has 0 spiro atoms. The lowest BCUT2D eigenvalue weighted by Gasteiger charge is -2.21. The van der Waals surface area contributed by atoms with Crippen LogP contribution in [0.4, 0.5) is 4.39 Å². The van der Waals surface area contributed by atoms with E-state index in [0.717, 1.165) is 0 Å². The second-order valence-electron chi connectivity index (χ2n) is 5.30. The molecule has 2 aromatic rings. The molecular weight excluding hydrogens is 289 g/mol. The second kappa shape index (κ2) is 6.72. The van der Waals surface area contributed by atoms with E-state index in [4.69, 9.17) is 4.42 Å². The number of amides is 1. The Hall–Kier alpha value is -2.18. The molecule has 0 bridgehead atoms. The van der Waals surface area contributed by atoms with E-state index in [2.05, 4.69) is 5.32 Å². The molecule has 0 aliphatic heterocycles. The van der Waals surface area contributed by atoms with E-state index < -0.39 is 23.4 Å². The van der Waals surface area contributed by atoms with Gasteiger partial charge in [-0.25, -0.2) is 4.39 Å². The molecule has 0 saturated carbocycles. The predicted octanol–water partition coefficient (Wildman–Crippen LogP) is 1.87. The summed E-state index contributed by atoms with van der Waals surface area (Å²) >= 11 is 0. The predicted molar refractivity (Wildman–Crippen MR) is 77.3 cm³/mol. The first kappa shape index (κ1) is 16.2. The lowest BCUT2D eigenvalue weighted by molar-refractivity contribution is -0.124. The number of furan rings is 1. The summed E-state index contributed by atoms with van der Waals surface area (Å²) in [6.07, 6.45) is 0.0982. The van der Waals surface area contributed by atoms with Crippen molar-refractivity contribution in [3.8, 4) is 0 Å². The minimum Gasteiger partial charge on any atom is -0.466 e. The first-order valence-corrected chi connectivity index (χ1v) is 6.85. The van der Waals surface area contributed by atoms with Crippen LogP contribution in [0, 0.1) is 5.82 Å². The van der Waals surface area contributed by atoms with Crippen molar-refractivity contribution < 1.29 is 23.8 Å². The van der Waals surface area contributed by atoms with Gasteiger partial charge >= 0.3 is 0 Å². The molecule has 3 N–H and O–H groups in total. The van der Waals surface area contributed by atoms with E-state index >= 15 is 0 Å². The third kappa shape index (κ3) is 4.16. The zero-order valence-electron chi connectivity index (χ0n) is 12.1. The Labute approximate surface area is 127 Å². The van der Waals surface area contributed by atoms with Crippen LogP contribution in [0.15, 0.2) is 47.1 Å². The van der Waals surface area contributed by atoms with Crippen molar-refractivity contribution in [3.63, 3.8) is 0 Å². The number of halogens is 1. The highest BCUT2D eigenvalue weighted by molar-refractivity contribution is 5.76. The van der Waals surface area contributed by atoms with Gasteiger partial charge in [0.1, 0.15) is 17.2 Å². The van der Waals surface area contributed by atoms with Gasteiger partial charge < -0.3 is 19.9 Å². The van der Waals surface area contributed by atoms with Gasteiger partial charge in [0.05, 0.1) is 25.3 Å². The number of rotatable bonds is 6. The Kier molecular flexibility index (Phi) is 4.95. The van der Waals surface area contributed by atoms with Crippen molar-refractivity contribution in [2.75, 3.05) is 6.54 Å². The van der Waals surface area contributed by atoms with Gasteiger partial charge in [-0.1, -0.05) is 12.1 Å². The monoisotopic (exact) mass is 307 g/mol. The van der Waals surface area contributed by atoms with E-state index in [-0.39, 0.29) is 13.0 Å². The van der Waals surface area contributed by atoms with Crippen LogP contribution in [0.25, 0.3) is 0 Å². The minimum atomic E-state index is -1.34. The lowest BCUT2D eigenvalue weighted by atomic mass is 10.0. The molecule has 1 aromatic heterocycles. The number of hydrogen-bond donors (Lipinski definition) is 3. The third-order valence-corrected chi connectivity index (χ3v) is 3.29. The molecule has 2 rings (SSSR count). The Morgan fingerprint density at radius 1 is 1.41 bits per heavy atom. The van der Waals surface area contributed by atoms with Gasteiger partial charge in [-0.05, 0) is 36.8 Å². The summed E-state index contributed by atoms with van der Waals surface area (Å²) in [6, 6.07) is 8.69. The second-order valence-corrected chi connectivity index (χ2v) is 5.30. The first-order chi connectivity index (χ1) is 10.4. The molecule has 2 unspecified atom stereocenters. The highest BCUT2D eigenvalue weighted by Gasteiger charge is 2.27. The van der Waals surface area contributed by atoms with Crippen molar-refractivity contribution in [2.24, 2.45) is 0 Å². The molecular formula is C16H18FNO4. The van der Waals surface area contributed by atoms with Crippen molar-refractivity contribution in [3.05, 3.63) is 59.8 Å². The molecule has 0 fully saturated rings. The van der Waals surface area contributed by atoms with Crippen molar-refractivity contribution in [1.82, 2.24) is 5.32 Å². The van der Waals surface area contributed by atoms with Gasteiger partial charge in [0.15, 0.2) is 0 Å². The normalized spacial score (nSPS) is 15.1. The number of carbonyl (C=O) groups excluding carboxylic acids is 1. The Morgan fingerprint density at radius 3 is 2.82 bits per heavy atom. The summed E-state index contributed by atoms with van der Waals surface area (Å²) in [7, 11) is 0.